The Morgan fingerprint density at radius 1 is 1.47 bits per heavy atom. The van der Waals surface area contributed by atoms with Gasteiger partial charge < -0.3 is 5.32 Å². The first kappa shape index (κ1) is 10.5. The van der Waals surface area contributed by atoms with Gasteiger partial charge in [0.25, 0.3) is 0 Å². The van der Waals surface area contributed by atoms with Crippen LogP contribution in [0.4, 0.5) is 0 Å². The number of aromatic nitrogens is 4. The lowest BCUT2D eigenvalue weighted by Gasteiger charge is -2.23. The number of aryl methyl sites for hydroxylation is 1. The molecule has 0 radical (unpaired) electrons. The molecule has 1 fully saturated rings. The Balaban J connectivity index is 1.93. The molecule has 1 N–H and O–H groups in total. The van der Waals surface area contributed by atoms with E-state index in [9.17, 15) is 0 Å². The molecule has 3 rings (SSSR count). The number of imidazole rings is 1. The van der Waals surface area contributed by atoms with Crippen molar-refractivity contribution in [2.75, 3.05) is 13.1 Å². The summed E-state index contributed by atoms with van der Waals surface area (Å²) < 4.78 is 3.91. The predicted octanol–water partition coefficient (Wildman–Crippen LogP) is 1.07. The Morgan fingerprint density at radius 3 is 3.12 bits per heavy atom. The third-order valence-corrected chi connectivity index (χ3v) is 3.33. The van der Waals surface area contributed by atoms with Gasteiger partial charge >= 0.3 is 0 Å². The first-order chi connectivity index (χ1) is 8.34. The van der Waals surface area contributed by atoms with E-state index in [-0.39, 0.29) is 0 Å². The molecule has 17 heavy (non-hydrogen) atoms. The van der Waals surface area contributed by atoms with Crippen LogP contribution in [0.1, 0.15) is 24.5 Å². The maximum atomic E-state index is 4.43. The summed E-state index contributed by atoms with van der Waals surface area (Å²) in [7, 11) is 1.93. The number of nitrogens with one attached hydrogen (secondary N) is 1. The third kappa shape index (κ3) is 1.98. The van der Waals surface area contributed by atoms with Gasteiger partial charge in [0.2, 0.25) is 0 Å². The zero-order valence-corrected chi connectivity index (χ0v) is 10.0. The van der Waals surface area contributed by atoms with Crippen LogP contribution in [0.2, 0.25) is 0 Å². The molecule has 1 atom stereocenters. The molecule has 0 aromatic carbocycles. The Bertz CT molecular complexity index is 492. The van der Waals surface area contributed by atoms with E-state index in [1.807, 2.05) is 36.5 Å². The van der Waals surface area contributed by atoms with E-state index < -0.39 is 0 Å². The lowest BCUT2D eigenvalue weighted by molar-refractivity contribution is 0.450. The van der Waals surface area contributed by atoms with Gasteiger partial charge in [-0.3, -0.25) is 9.25 Å². The highest BCUT2D eigenvalue weighted by Gasteiger charge is 2.19. The molecule has 0 spiro atoms. The minimum atomic E-state index is 0.549. The van der Waals surface area contributed by atoms with E-state index in [1.54, 1.807) is 0 Å². The van der Waals surface area contributed by atoms with Gasteiger partial charge in [0.15, 0.2) is 5.82 Å². The van der Waals surface area contributed by atoms with Crippen LogP contribution >= 0.6 is 0 Å². The fraction of sp³-hybridized carbons (Fsp3) is 0.500. The minimum absolute atomic E-state index is 0.549. The number of piperidine rings is 1. The summed E-state index contributed by atoms with van der Waals surface area (Å²) in [5.41, 5.74) is 1.26. The number of nitrogens with zero attached hydrogens (tertiary/aromatic N) is 4. The van der Waals surface area contributed by atoms with Gasteiger partial charge in [-0.05, 0) is 19.4 Å². The average Bonchev–Trinajstić information content (AvgIpc) is 2.98. The summed E-state index contributed by atoms with van der Waals surface area (Å²) in [6.45, 7) is 2.17. The molecule has 1 aliphatic heterocycles. The fourth-order valence-corrected chi connectivity index (χ4v) is 2.43. The van der Waals surface area contributed by atoms with Crippen molar-refractivity contribution in [2.45, 2.75) is 18.8 Å². The smallest absolute Gasteiger partial charge is 0.160 e. The van der Waals surface area contributed by atoms with E-state index in [0.717, 1.165) is 18.9 Å². The number of hydrogen-bond acceptors (Lipinski definition) is 3. The van der Waals surface area contributed by atoms with Crippen molar-refractivity contribution in [3.05, 3.63) is 30.5 Å². The quantitative estimate of drug-likeness (QED) is 0.841. The zero-order chi connectivity index (χ0) is 11.7. The molecule has 0 saturated carbocycles. The van der Waals surface area contributed by atoms with Gasteiger partial charge in [0.05, 0.1) is 0 Å². The Hall–Kier alpha value is -1.62. The van der Waals surface area contributed by atoms with Gasteiger partial charge in [-0.1, -0.05) is 0 Å². The topological polar surface area (TPSA) is 47.7 Å². The molecule has 1 aliphatic rings. The molecule has 3 heterocycles. The fourth-order valence-electron chi connectivity index (χ4n) is 2.43. The highest BCUT2D eigenvalue weighted by atomic mass is 15.3. The molecule has 0 amide bonds. The second-order valence-electron chi connectivity index (χ2n) is 4.58. The van der Waals surface area contributed by atoms with Crippen molar-refractivity contribution in [3.63, 3.8) is 0 Å². The summed E-state index contributed by atoms with van der Waals surface area (Å²) in [4.78, 5) is 4.27. The maximum Gasteiger partial charge on any atom is 0.160 e. The van der Waals surface area contributed by atoms with Crippen molar-refractivity contribution in [3.8, 4) is 5.82 Å². The predicted molar refractivity (Wildman–Crippen MR) is 65.2 cm³/mol. The van der Waals surface area contributed by atoms with Gasteiger partial charge in [-0.15, -0.1) is 0 Å². The Kier molecular flexibility index (Phi) is 2.68. The SMILES string of the molecule is Cn1ccc(-n2cncc2C2CCCNC2)n1. The standard InChI is InChI=1S/C12H17N5/c1-16-6-4-12(15-16)17-9-14-8-11(17)10-3-2-5-13-7-10/h4,6,8-10,13H,2-3,5,7H2,1H3. The molecule has 0 bridgehead atoms. The van der Waals surface area contributed by atoms with E-state index in [1.165, 1.54) is 18.5 Å². The van der Waals surface area contributed by atoms with Gasteiger partial charge in [-0.25, -0.2) is 4.98 Å². The molecule has 5 nitrogen and oxygen atoms in total. The molecule has 1 unspecified atom stereocenters. The van der Waals surface area contributed by atoms with Crippen LogP contribution < -0.4 is 5.32 Å². The second-order valence-corrected chi connectivity index (χ2v) is 4.58. The van der Waals surface area contributed by atoms with Crippen molar-refractivity contribution in [2.24, 2.45) is 7.05 Å². The first-order valence-electron chi connectivity index (χ1n) is 6.07. The Morgan fingerprint density at radius 2 is 2.41 bits per heavy atom. The van der Waals surface area contributed by atoms with Crippen molar-refractivity contribution in [1.82, 2.24) is 24.6 Å². The molecule has 5 heteroatoms. The summed E-state index contributed by atoms with van der Waals surface area (Å²) in [6.07, 6.45) is 8.24. The molecule has 0 aliphatic carbocycles. The maximum absolute atomic E-state index is 4.43. The molecular formula is C12H17N5. The largest absolute Gasteiger partial charge is 0.316 e. The van der Waals surface area contributed by atoms with Crippen LogP contribution in [-0.4, -0.2) is 32.4 Å². The average molecular weight is 231 g/mol. The molecular weight excluding hydrogens is 214 g/mol. The second kappa shape index (κ2) is 4.33. The molecule has 2 aromatic heterocycles. The van der Waals surface area contributed by atoms with Crippen LogP contribution in [0.3, 0.4) is 0 Å². The van der Waals surface area contributed by atoms with E-state index in [0.29, 0.717) is 5.92 Å². The number of rotatable bonds is 2. The Labute approximate surface area is 100 Å². The zero-order valence-electron chi connectivity index (χ0n) is 10.0. The first-order valence-corrected chi connectivity index (χ1v) is 6.07. The summed E-state index contributed by atoms with van der Waals surface area (Å²) in [6, 6.07) is 2.02. The highest BCUT2D eigenvalue weighted by molar-refractivity contribution is 5.25. The lowest BCUT2D eigenvalue weighted by Crippen LogP contribution is -2.29. The molecule has 1 saturated heterocycles. The van der Waals surface area contributed by atoms with E-state index in [2.05, 4.69) is 20.0 Å². The monoisotopic (exact) mass is 231 g/mol. The van der Waals surface area contributed by atoms with Crippen LogP contribution in [0.15, 0.2) is 24.8 Å². The summed E-state index contributed by atoms with van der Waals surface area (Å²) in [5.74, 6) is 1.50. The minimum Gasteiger partial charge on any atom is -0.316 e. The van der Waals surface area contributed by atoms with Crippen LogP contribution in [0.25, 0.3) is 5.82 Å². The van der Waals surface area contributed by atoms with E-state index in [4.69, 9.17) is 0 Å². The normalized spacial score (nSPS) is 20.6. The van der Waals surface area contributed by atoms with Crippen molar-refractivity contribution < 1.29 is 0 Å². The van der Waals surface area contributed by atoms with Crippen LogP contribution in [0.5, 0.6) is 0 Å². The van der Waals surface area contributed by atoms with Crippen molar-refractivity contribution in [1.29, 1.82) is 0 Å². The molecule has 2 aromatic rings. The van der Waals surface area contributed by atoms with Crippen LogP contribution in [0, 0.1) is 0 Å². The summed E-state index contributed by atoms with van der Waals surface area (Å²) in [5, 5.41) is 7.87. The lowest BCUT2D eigenvalue weighted by atomic mass is 9.96. The van der Waals surface area contributed by atoms with E-state index >= 15 is 0 Å². The molecule has 90 valence electrons. The number of hydrogen-bond donors (Lipinski definition) is 1. The van der Waals surface area contributed by atoms with Crippen molar-refractivity contribution >= 4 is 0 Å². The van der Waals surface area contributed by atoms with Gasteiger partial charge in [0, 0.05) is 43.7 Å². The summed E-state index contributed by atoms with van der Waals surface area (Å²) >= 11 is 0. The van der Waals surface area contributed by atoms with Gasteiger partial charge in [0.1, 0.15) is 6.33 Å². The highest BCUT2D eigenvalue weighted by Crippen LogP contribution is 2.24. The van der Waals surface area contributed by atoms with Gasteiger partial charge in [-0.2, -0.15) is 5.10 Å². The third-order valence-electron chi connectivity index (χ3n) is 3.33. The van der Waals surface area contributed by atoms with Crippen LogP contribution in [-0.2, 0) is 7.05 Å².